The molecule has 0 heterocycles. The molecule has 4 nitrogen and oxygen atoms in total. The van der Waals surface area contributed by atoms with E-state index in [-0.39, 0.29) is 24.7 Å². The van der Waals surface area contributed by atoms with Gasteiger partial charge in [0.2, 0.25) is 5.91 Å². The largest absolute Gasteiger partial charge is 0.489 e. The molecule has 0 bridgehead atoms. The summed E-state index contributed by atoms with van der Waals surface area (Å²) in [6, 6.07) is 6.19. The van der Waals surface area contributed by atoms with Crippen molar-refractivity contribution in [1.82, 2.24) is 4.90 Å². The first kappa shape index (κ1) is 15.4. The molecule has 1 aromatic carbocycles. The summed E-state index contributed by atoms with van der Waals surface area (Å²) in [6.07, 6.45) is 0.267. The smallest absolute Gasteiger partial charge is 0.224 e. The van der Waals surface area contributed by atoms with E-state index in [9.17, 15) is 9.18 Å². The maximum atomic E-state index is 13.3. The zero-order valence-corrected chi connectivity index (χ0v) is 11.6. The van der Waals surface area contributed by atoms with Crippen molar-refractivity contribution in [2.24, 2.45) is 5.73 Å². The minimum absolute atomic E-state index is 0.0513. The molecule has 1 aromatic rings. The number of halogens is 1. The zero-order valence-electron chi connectivity index (χ0n) is 11.6. The molecule has 5 heteroatoms. The van der Waals surface area contributed by atoms with Crippen LogP contribution in [0.15, 0.2) is 24.3 Å². The van der Waals surface area contributed by atoms with Gasteiger partial charge in [-0.25, -0.2) is 4.39 Å². The first-order chi connectivity index (χ1) is 8.79. The number of hydrogen-bond acceptors (Lipinski definition) is 3. The second-order valence-corrected chi connectivity index (χ2v) is 5.26. The molecule has 0 aliphatic heterocycles. The highest BCUT2D eigenvalue weighted by Crippen LogP contribution is 2.15. The summed E-state index contributed by atoms with van der Waals surface area (Å²) >= 11 is 0. The Morgan fingerprint density at radius 1 is 1.42 bits per heavy atom. The standard InChI is InChI=1S/C14H21FN2O2/c1-14(2,16)10-13(18)17(3)8-9-19-12-7-5-4-6-11(12)15/h4-7H,8-10,16H2,1-3H3. The van der Waals surface area contributed by atoms with Gasteiger partial charge in [-0.3, -0.25) is 4.79 Å². The van der Waals surface area contributed by atoms with Gasteiger partial charge in [0.15, 0.2) is 11.6 Å². The van der Waals surface area contributed by atoms with Crippen molar-refractivity contribution in [1.29, 1.82) is 0 Å². The Hall–Kier alpha value is -1.62. The van der Waals surface area contributed by atoms with E-state index in [0.717, 1.165) is 0 Å². The number of nitrogens with two attached hydrogens (primary N) is 1. The highest BCUT2D eigenvalue weighted by Gasteiger charge is 2.19. The van der Waals surface area contributed by atoms with Crippen LogP contribution in [0, 0.1) is 5.82 Å². The maximum Gasteiger partial charge on any atom is 0.224 e. The summed E-state index contributed by atoms with van der Waals surface area (Å²) < 4.78 is 18.6. The molecule has 0 unspecified atom stereocenters. The number of benzene rings is 1. The van der Waals surface area contributed by atoms with Gasteiger partial charge in [0.05, 0.1) is 6.54 Å². The van der Waals surface area contributed by atoms with E-state index in [1.54, 1.807) is 39.1 Å². The lowest BCUT2D eigenvalue weighted by molar-refractivity contribution is -0.131. The number of nitrogens with zero attached hydrogens (tertiary/aromatic N) is 1. The van der Waals surface area contributed by atoms with Crippen LogP contribution in [0.4, 0.5) is 4.39 Å². The van der Waals surface area contributed by atoms with E-state index >= 15 is 0 Å². The lowest BCUT2D eigenvalue weighted by Crippen LogP contribution is -2.40. The van der Waals surface area contributed by atoms with Gasteiger partial charge in [0, 0.05) is 19.0 Å². The fourth-order valence-electron chi connectivity index (χ4n) is 1.50. The molecule has 0 saturated carbocycles. The number of carbonyl (C=O) groups excluding carboxylic acids is 1. The monoisotopic (exact) mass is 268 g/mol. The van der Waals surface area contributed by atoms with Crippen molar-refractivity contribution >= 4 is 5.91 Å². The van der Waals surface area contributed by atoms with Crippen LogP contribution in [0.25, 0.3) is 0 Å². The van der Waals surface area contributed by atoms with Gasteiger partial charge in [0.25, 0.3) is 0 Å². The lowest BCUT2D eigenvalue weighted by atomic mass is 10.0. The summed E-state index contributed by atoms with van der Waals surface area (Å²) in [5.41, 5.74) is 5.26. The average molecular weight is 268 g/mol. The summed E-state index contributed by atoms with van der Waals surface area (Å²) in [5, 5.41) is 0. The topological polar surface area (TPSA) is 55.6 Å². The molecular weight excluding hydrogens is 247 g/mol. The zero-order chi connectivity index (χ0) is 14.5. The van der Waals surface area contributed by atoms with Crippen LogP contribution in [-0.4, -0.2) is 36.5 Å². The maximum absolute atomic E-state index is 13.3. The Morgan fingerprint density at radius 2 is 2.05 bits per heavy atom. The molecule has 2 N–H and O–H groups in total. The van der Waals surface area contributed by atoms with Crippen molar-refractivity contribution in [3.8, 4) is 5.75 Å². The number of para-hydroxylation sites is 1. The quantitative estimate of drug-likeness (QED) is 0.855. The average Bonchev–Trinajstić information content (AvgIpc) is 2.29. The SMILES string of the molecule is CN(CCOc1ccccc1F)C(=O)CC(C)(C)N. The van der Waals surface area contributed by atoms with Gasteiger partial charge >= 0.3 is 0 Å². The first-order valence-corrected chi connectivity index (χ1v) is 6.20. The van der Waals surface area contributed by atoms with Crippen molar-refractivity contribution in [2.45, 2.75) is 25.8 Å². The van der Waals surface area contributed by atoms with E-state index in [1.807, 2.05) is 0 Å². The van der Waals surface area contributed by atoms with Gasteiger partial charge < -0.3 is 15.4 Å². The molecular formula is C14H21FN2O2. The predicted octanol–water partition coefficient (Wildman–Crippen LogP) is 1.79. The van der Waals surface area contributed by atoms with E-state index in [2.05, 4.69) is 0 Å². The predicted molar refractivity (Wildman–Crippen MR) is 72.4 cm³/mol. The highest BCUT2D eigenvalue weighted by atomic mass is 19.1. The van der Waals surface area contributed by atoms with E-state index in [0.29, 0.717) is 6.54 Å². The summed E-state index contributed by atoms with van der Waals surface area (Å²) in [5.74, 6) is -0.258. The fraction of sp³-hybridized carbons (Fsp3) is 0.500. The first-order valence-electron chi connectivity index (χ1n) is 6.20. The second kappa shape index (κ2) is 6.52. The third kappa shape index (κ3) is 5.70. The molecule has 106 valence electrons. The summed E-state index contributed by atoms with van der Waals surface area (Å²) in [4.78, 5) is 13.3. The number of carbonyl (C=O) groups is 1. The highest BCUT2D eigenvalue weighted by molar-refractivity contribution is 5.77. The third-order valence-electron chi connectivity index (χ3n) is 2.55. The normalized spacial score (nSPS) is 11.2. The molecule has 0 aromatic heterocycles. The van der Waals surface area contributed by atoms with Crippen LogP contribution in [0.1, 0.15) is 20.3 Å². The van der Waals surface area contributed by atoms with Gasteiger partial charge in [-0.2, -0.15) is 0 Å². The van der Waals surface area contributed by atoms with Crippen LogP contribution in [-0.2, 0) is 4.79 Å². The minimum Gasteiger partial charge on any atom is -0.489 e. The molecule has 0 atom stereocenters. The van der Waals surface area contributed by atoms with Crippen LogP contribution >= 0.6 is 0 Å². The van der Waals surface area contributed by atoms with Crippen molar-refractivity contribution in [3.05, 3.63) is 30.1 Å². The molecule has 0 radical (unpaired) electrons. The number of likely N-dealkylation sites (N-methyl/N-ethyl adjacent to an activating group) is 1. The molecule has 1 rings (SSSR count). The minimum atomic E-state index is -0.530. The molecule has 0 aliphatic carbocycles. The third-order valence-corrected chi connectivity index (χ3v) is 2.55. The Morgan fingerprint density at radius 3 is 2.63 bits per heavy atom. The van der Waals surface area contributed by atoms with E-state index in [1.165, 1.54) is 11.0 Å². The molecule has 19 heavy (non-hydrogen) atoms. The van der Waals surface area contributed by atoms with Gasteiger partial charge in [-0.15, -0.1) is 0 Å². The van der Waals surface area contributed by atoms with Gasteiger partial charge in [0.1, 0.15) is 6.61 Å². The van der Waals surface area contributed by atoms with Gasteiger partial charge in [-0.1, -0.05) is 12.1 Å². The lowest BCUT2D eigenvalue weighted by Gasteiger charge is -2.23. The number of ether oxygens (including phenoxy) is 1. The van der Waals surface area contributed by atoms with Crippen molar-refractivity contribution in [2.75, 3.05) is 20.2 Å². The summed E-state index contributed by atoms with van der Waals surface area (Å²) in [7, 11) is 1.68. The Balaban J connectivity index is 2.37. The molecule has 0 saturated heterocycles. The van der Waals surface area contributed by atoms with Crippen LogP contribution in [0.2, 0.25) is 0 Å². The molecule has 0 aliphatic rings. The Kier molecular flexibility index (Phi) is 5.30. The molecule has 1 amide bonds. The van der Waals surface area contributed by atoms with Crippen LogP contribution < -0.4 is 10.5 Å². The van der Waals surface area contributed by atoms with E-state index < -0.39 is 11.4 Å². The number of rotatable bonds is 6. The van der Waals surface area contributed by atoms with Gasteiger partial charge in [-0.05, 0) is 26.0 Å². The fourth-order valence-corrected chi connectivity index (χ4v) is 1.50. The Bertz CT molecular complexity index is 430. The second-order valence-electron chi connectivity index (χ2n) is 5.26. The Labute approximate surface area is 113 Å². The number of amides is 1. The number of hydrogen-bond donors (Lipinski definition) is 1. The van der Waals surface area contributed by atoms with Crippen LogP contribution in [0.5, 0.6) is 5.75 Å². The van der Waals surface area contributed by atoms with Crippen molar-refractivity contribution in [3.63, 3.8) is 0 Å². The molecule has 0 fully saturated rings. The molecule has 0 spiro atoms. The summed E-state index contributed by atoms with van der Waals surface area (Å²) in [6.45, 7) is 4.24. The van der Waals surface area contributed by atoms with E-state index in [4.69, 9.17) is 10.5 Å². The van der Waals surface area contributed by atoms with Crippen LogP contribution in [0.3, 0.4) is 0 Å². The van der Waals surface area contributed by atoms with Crippen molar-refractivity contribution < 1.29 is 13.9 Å².